The molecule has 2 aliphatic rings. The lowest BCUT2D eigenvalue weighted by atomic mass is 9.89. The highest BCUT2D eigenvalue weighted by atomic mass is 16.5. The summed E-state index contributed by atoms with van der Waals surface area (Å²) >= 11 is 0. The Labute approximate surface area is 161 Å². The van der Waals surface area contributed by atoms with Crippen molar-refractivity contribution in [1.29, 1.82) is 0 Å². The van der Waals surface area contributed by atoms with Gasteiger partial charge in [0.25, 0.3) is 0 Å². The average Bonchev–Trinajstić information content (AvgIpc) is 2.67. The third-order valence-electron chi connectivity index (χ3n) is 5.95. The molecule has 146 valence electrons. The Morgan fingerprint density at radius 1 is 1.04 bits per heavy atom. The summed E-state index contributed by atoms with van der Waals surface area (Å²) < 4.78 is 17.1. The standard InChI is InChI=1S/C21H29N3O3/c1-15-11-20(22-17-13-19(26-4)18(25-3)12-16(15)17)24-7-5-21(6-8-24)14-23(2)9-10-27-21/h11-13H,5-10,14H2,1-4H3. The fraction of sp³-hybridized carbons (Fsp3) is 0.571. The number of ether oxygens (including phenoxy) is 3. The first kappa shape index (κ1) is 18.3. The van der Waals surface area contributed by atoms with E-state index in [-0.39, 0.29) is 5.60 Å². The van der Waals surface area contributed by atoms with E-state index in [0.717, 1.165) is 68.1 Å². The van der Waals surface area contributed by atoms with E-state index in [2.05, 4.69) is 29.8 Å². The number of aryl methyl sites for hydroxylation is 1. The number of methoxy groups -OCH3 is 2. The van der Waals surface area contributed by atoms with E-state index in [9.17, 15) is 0 Å². The molecule has 0 aliphatic carbocycles. The fourth-order valence-electron chi connectivity index (χ4n) is 4.35. The van der Waals surface area contributed by atoms with Crippen LogP contribution in [0, 0.1) is 6.92 Å². The number of fused-ring (bicyclic) bond motifs is 1. The predicted octanol–water partition coefficient (Wildman–Crippen LogP) is 2.86. The lowest BCUT2D eigenvalue weighted by Gasteiger charge is -2.46. The molecule has 0 atom stereocenters. The fourth-order valence-corrected chi connectivity index (χ4v) is 4.35. The number of benzene rings is 1. The molecule has 2 aromatic rings. The minimum absolute atomic E-state index is 0.0198. The number of likely N-dealkylation sites (N-methyl/N-ethyl adjacent to an activating group) is 1. The van der Waals surface area contributed by atoms with Gasteiger partial charge < -0.3 is 24.0 Å². The Morgan fingerprint density at radius 2 is 1.74 bits per heavy atom. The summed E-state index contributed by atoms with van der Waals surface area (Å²) in [5.41, 5.74) is 2.16. The molecule has 0 unspecified atom stereocenters. The minimum Gasteiger partial charge on any atom is -0.493 e. The van der Waals surface area contributed by atoms with E-state index in [1.807, 2.05) is 12.1 Å². The quantitative estimate of drug-likeness (QED) is 0.827. The van der Waals surface area contributed by atoms with Crippen molar-refractivity contribution in [2.45, 2.75) is 25.4 Å². The molecule has 6 heteroatoms. The van der Waals surface area contributed by atoms with Gasteiger partial charge in [0.1, 0.15) is 5.82 Å². The first-order valence-electron chi connectivity index (χ1n) is 9.64. The van der Waals surface area contributed by atoms with Crippen LogP contribution in [-0.2, 0) is 4.74 Å². The van der Waals surface area contributed by atoms with Crippen molar-refractivity contribution < 1.29 is 14.2 Å². The number of hydrogen-bond donors (Lipinski definition) is 0. The predicted molar refractivity (Wildman–Crippen MR) is 107 cm³/mol. The molecule has 0 N–H and O–H groups in total. The van der Waals surface area contributed by atoms with Crippen LogP contribution in [0.25, 0.3) is 10.9 Å². The SMILES string of the molecule is COc1cc2nc(N3CCC4(CC3)CN(C)CCO4)cc(C)c2cc1OC. The molecule has 2 aliphatic heterocycles. The zero-order valence-electron chi connectivity index (χ0n) is 16.7. The van der Waals surface area contributed by atoms with Gasteiger partial charge in [0.2, 0.25) is 0 Å². The monoisotopic (exact) mass is 371 g/mol. The van der Waals surface area contributed by atoms with E-state index >= 15 is 0 Å². The van der Waals surface area contributed by atoms with Crippen LogP contribution in [0.3, 0.4) is 0 Å². The average molecular weight is 371 g/mol. The minimum atomic E-state index is 0.0198. The first-order valence-corrected chi connectivity index (χ1v) is 9.64. The maximum Gasteiger partial charge on any atom is 0.162 e. The first-order chi connectivity index (χ1) is 13.0. The Hall–Kier alpha value is -2.05. The van der Waals surface area contributed by atoms with Crippen LogP contribution in [0.2, 0.25) is 0 Å². The van der Waals surface area contributed by atoms with Crippen molar-refractivity contribution in [2.75, 3.05) is 59.0 Å². The van der Waals surface area contributed by atoms with Gasteiger partial charge in [0.05, 0.1) is 31.9 Å². The van der Waals surface area contributed by atoms with E-state index in [4.69, 9.17) is 19.2 Å². The Morgan fingerprint density at radius 3 is 2.41 bits per heavy atom. The maximum atomic E-state index is 6.19. The third-order valence-corrected chi connectivity index (χ3v) is 5.95. The largest absolute Gasteiger partial charge is 0.493 e. The second kappa shape index (κ2) is 7.17. The lowest BCUT2D eigenvalue weighted by Crippen LogP contribution is -2.56. The van der Waals surface area contributed by atoms with Gasteiger partial charge in [-0.05, 0) is 44.5 Å². The van der Waals surface area contributed by atoms with Crippen LogP contribution in [0.4, 0.5) is 5.82 Å². The van der Waals surface area contributed by atoms with Gasteiger partial charge in [-0.3, -0.25) is 0 Å². The summed E-state index contributed by atoms with van der Waals surface area (Å²) in [6.45, 7) is 6.97. The molecule has 0 bridgehead atoms. The van der Waals surface area contributed by atoms with E-state index in [1.165, 1.54) is 5.56 Å². The molecule has 6 nitrogen and oxygen atoms in total. The zero-order chi connectivity index (χ0) is 19.0. The van der Waals surface area contributed by atoms with Crippen molar-refractivity contribution in [3.05, 3.63) is 23.8 Å². The van der Waals surface area contributed by atoms with Crippen LogP contribution in [0.1, 0.15) is 18.4 Å². The highest BCUT2D eigenvalue weighted by molar-refractivity contribution is 5.87. The number of aromatic nitrogens is 1. The second-order valence-corrected chi connectivity index (χ2v) is 7.78. The Balaban J connectivity index is 1.59. The molecular formula is C21H29N3O3. The highest BCUT2D eigenvalue weighted by Gasteiger charge is 2.39. The lowest BCUT2D eigenvalue weighted by molar-refractivity contribution is -0.115. The molecule has 0 amide bonds. The Bertz CT molecular complexity index is 831. The van der Waals surface area contributed by atoms with Gasteiger partial charge in [0, 0.05) is 37.6 Å². The number of anilines is 1. The van der Waals surface area contributed by atoms with Crippen LogP contribution in [-0.4, -0.2) is 69.5 Å². The molecule has 4 rings (SSSR count). The van der Waals surface area contributed by atoms with E-state index in [0.29, 0.717) is 5.75 Å². The molecular weight excluding hydrogens is 342 g/mol. The van der Waals surface area contributed by atoms with Crippen molar-refractivity contribution in [3.8, 4) is 11.5 Å². The summed E-state index contributed by atoms with van der Waals surface area (Å²) in [5.74, 6) is 2.48. The number of hydrogen-bond acceptors (Lipinski definition) is 6. The second-order valence-electron chi connectivity index (χ2n) is 7.78. The molecule has 1 aromatic carbocycles. The summed E-state index contributed by atoms with van der Waals surface area (Å²) in [5, 5.41) is 1.10. The maximum absolute atomic E-state index is 6.19. The van der Waals surface area contributed by atoms with E-state index in [1.54, 1.807) is 14.2 Å². The zero-order valence-corrected chi connectivity index (χ0v) is 16.7. The van der Waals surface area contributed by atoms with Crippen molar-refractivity contribution in [1.82, 2.24) is 9.88 Å². The van der Waals surface area contributed by atoms with Crippen LogP contribution >= 0.6 is 0 Å². The number of rotatable bonds is 3. The van der Waals surface area contributed by atoms with Gasteiger partial charge in [-0.15, -0.1) is 0 Å². The van der Waals surface area contributed by atoms with Gasteiger partial charge in [-0.25, -0.2) is 4.98 Å². The molecule has 2 fully saturated rings. The van der Waals surface area contributed by atoms with Crippen LogP contribution in [0.15, 0.2) is 18.2 Å². The summed E-state index contributed by atoms with van der Waals surface area (Å²) in [7, 11) is 5.51. The van der Waals surface area contributed by atoms with Crippen molar-refractivity contribution in [3.63, 3.8) is 0 Å². The number of pyridine rings is 1. The molecule has 0 saturated carbocycles. The molecule has 1 aromatic heterocycles. The van der Waals surface area contributed by atoms with Gasteiger partial charge in [0.15, 0.2) is 11.5 Å². The highest BCUT2D eigenvalue weighted by Crippen LogP contribution is 2.36. The van der Waals surface area contributed by atoms with Crippen molar-refractivity contribution in [2.24, 2.45) is 0 Å². The van der Waals surface area contributed by atoms with Crippen LogP contribution in [0.5, 0.6) is 11.5 Å². The molecule has 27 heavy (non-hydrogen) atoms. The summed E-state index contributed by atoms with van der Waals surface area (Å²) in [6.07, 6.45) is 2.09. The van der Waals surface area contributed by atoms with E-state index < -0.39 is 0 Å². The van der Waals surface area contributed by atoms with Gasteiger partial charge in [-0.2, -0.15) is 0 Å². The molecule has 1 spiro atoms. The Kier molecular flexibility index (Phi) is 4.86. The molecule has 3 heterocycles. The normalized spacial score (nSPS) is 20.2. The molecule has 2 saturated heterocycles. The number of morpholine rings is 1. The number of piperidine rings is 1. The van der Waals surface area contributed by atoms with Gasteiger partial charge >= 0.3 is 0 Å². The summed E-state index contributed by atoms with van der Waals surface area (Å²) in [4.78, 5) is 9.70. The number of nitrogens with zero attached hydrogens (tertiary/aromatic N) is 3. The van der Waals surface area contributed by atoms with Gasteiger partial charge in [-0.1, -0.05) is 0 Å². The third kappa shape index (κ3) is 3.44. The molecule has 0 radical (unpaired) electrons. The summed E-state index contributed by atoms with van der Waals surface area (Å²) in [6, 6.07) is 6.16. The van der Waals surface area contributed by atoms with Crippen molar-refractivity contribution >= 4 is 16.7 Å². The topological polar surface area (TPSA) is 47.1 Å². The van der Waals surface area contributed by atoms with Crippen LogP contribution < -0.4 is 14.4 Å². The smallest absolute Gasteiger partial charge is 0.162 e.